The zero-order valence-electron chi connectivity index (χ0n) is 14.1. The molecule has 140 valence electrons. The predicted octanol–water partition coefficient (Wildman–Crippen LogP) is 3.18. The van der Waals surface area contributed by atoms with E-state index in [-0.39, 0.29) is 34.0 Å². The summed E-state index contributed by atoms with van der Waals surface area (Å²) in [4.78, 5) is 2.52. The van der Waals surface area contributed by atoms with Gasteiger partial charge in [0.05, 0.1) is 27.4 Å². The van der Waals surface area contributed by atoms with Gasteiger partial charge in [0.1, 0.15) is 0 Å². The summed E-state index contributed by atoms with van der Waals surface area (Å²) < 4.78 is 36.0. The molecule has 0 bridgehead atoms. The number of azide groups is 1. The van der Waals surface area contributed by atoms with Crippen molar-refractivity contribution in [3.8, 4) is 11.5 Å². The Morgan fingerprint density at radius 2 is 1.50 bits per heavy atom. The molecule has 0 saturated heterocycles. The Balaban J connectivity index is 0.000000263. The normalized spacial score (nSPS) is 9.62. The first-order valence-electron chi connectivity index (χ1n) is 7.18. The molecule has 0 heterocycles. The van der Waals surface area contributed by atoms with Crippen LogP contribution in [-0.4, -0.2) is 24.4 Å². The van der Waals surface area contributed by atoms with Crippen molar-refractivity contribution in [3.05, 3.63) is 57.5 Å². The number of benzene rings is 2. The van der Waals surface area contributed by atoms with E-state index in [1.54, 1.807) is 0 Å². The highest BCUT2D eigenvalue weighted by Crippen LogP contribution is 2.29. The van der Waals surface area contributed by atoms with Gasteiger partial charge in [-0.05, 0) is 29.8 Å². The quantitative estimate of drug-likeness (QED) is 0.322. The summed E-state index contributed by atoms with van der Waals surface area (Å²) in [5.41, 5.74) is 13.9. The second kappa shape index (κ2) is 10.0. The SMILES string of the molecule is COc1ccc(N)c(CO)c1F.COc1ccc(N=[N+]=[N-])c(CO)c1F. The van der Waals surface area contributed by atoms with Gasteiger partial charge in [-0.25, -0.2) is 8.78 Å². The molecule has 0 aliphatic heterocycles. The second-order valence-corrected chi connectivity index (χ2v) is 4.73. The topological polar surface area (TPSA) is 134 Å². The van der Waals surface area contributed by atoms with E-state index in [1.807, 2.05) is 0 Å². The van der Waals surface area contributed by atoms with Crippen molar-refractivity contribution >= 4 is 11.4 Å². The molecule has 0 aromatic heterocycles. The summed E-state index contributed by atoms with van der Waals surface area (Å²) in [6.45, 7) is -0.966. The zero-order valence-corrected chi connectivity index (χ0v) is 14.1. The lowest BCUT2D eigenvalue weighted by Gasteiger charge is -2.07. The third kappa shape index (κ3) is 4.73. The van der Waals surface area contributed by atoms with Crippen LogP contribution in [0.3, 0.4) is 0 Å². The van der Waals surface area contributed by atoms with Crippen molar-refractivity contribution in [2.45, 2.75) is 13.2 Å². The molecule has 2 aromatic rings. The molecule has 0 unspecified atom stereocenters. The molecule has 0 radical (unpaired) electrons. The molecule has 8 nitrogen and oxygen atoms in total. The first-order chi connectivity index (χ1) is 12.4. The molecule has 4 N–H and O–H groups in total. The number of ether oxygens (including phenoxy) is 2. The van der Waals surface area contributed by atoms with E-state index in [2.05, 4.69) is 10.0 Å². The average Bonchev–Trinajstić information content (AvgIpc) is 2.63. The highest BCUT2D eigenvalue weighted by atomic mass is 19.1. The van der Waals surface area contributed by atoms with Gasteiger partial charge in [0.2, 0.25) is 0 Å². The van der Waals surface area contributed by atoms with Crippen molar-refractivity contribution in [1.29, 1.82) is 0 Å². The van der Waals surface area contributed by atoms with Crippen molar-refractivity contribution < 1.29 is 28.5 Å². The lowest BCUT2D eigenvalue weighted by atomic mass is 10.1. The fourth-order valence-corrected chi connectivity index (χ4v) is 1.97. The number of methoxy groups -OCH3 is 2. The van der Waals surface area contributed by atoms with Crippen molar-refractivity contribution in [2.75, 3.05) is 20.0 Å². The maximum atomic E-state index is 13.4. The maximum absolute atomic E-state index is 13.4. The summed E-state index contributed by atoms with van der Waals surface area (Å²) in [6.07, 6.45) is 0. The minimum Gasteiger partial charge on any atom is -0.494 e. The van der Waals surface area contributed by atoms with Crippen LogP contribution < -0.4 is 15.2 Å². The largest absolute Gasteiger partial charge is 0.494 e. The lowest BCUT2D eigenvalue weighted by molar-refractivity contribution is 0.273. The Labute approximate surface area is 148 Å². The first-order valence-corrected chi connectivity index (χ1v) is 7.18. The number of nitrogens with zero attached hydrogens (tertiary/aromatic N) is 3. The first kappa shape index (κ1) is 21.0. The van der Waals surface area contributed by atoms with E-state index in [1.165, 1.54) is 38.5 Å². The summed E-state index contributed by atoms with van der Waals surface area (Å²) in [6, 6.07) is 5.63. The number of nitrogens with two attached hydrogens (primary N) is 1. The van der Waals surface area contributed by atoms with E-state index >= 15 is 0 Å². The molecule has 10 heteroatoms. The number of rotatable bonds is 5. The summed E-state index contributed by atoms with van der Waals surface area (Å²) >= 11 is 0. The van der Waals surface area contributed by atoms with Gasteiger partial charge in [-0.2, -0.15) is 0 Å². The van der Waals surface area contributed by atoms with Crippen LogP contribution in [0.25, 0.3) is 10.4 Å². The number of aliphatic hydroxyl groups excluding tert-OH is 2. The number of nitrogen functional groups attached to an aromatic ring is 1. The summed E-state index contributed by atoms with van der Waals surface area (Å²) in [5.74, 6) is -1.21. The number of halogens is 2. The van der Waals surface area contributed by atoms with E-state index in [9.17, 15) is 8.78 Å². The van der Waals surface area contributed by atoms with E-state index in [0.29, 0.717) is 0 Å². The van der Waals surface area contributed by atoms with Crippen LogP contribution in [0.1, 0.15) is 11.1 Å². The predicted molar refractivity (Wildman–Crippen MR) is 91.0 cm³/mol. The molecule has 2 aromatic carbocycles. The van der Waals surface area contributed by atoms with Gasteiger partial charge in [0.15, 0.2) is 23.1 Å². The third-order valence-electron chi connectivity index (χ3n) is 3.34. The average molecular weight is 368 g/mol. The van der Waals surface area contributed by atoms with Gasteiger partial charge in [-0.1, -0.05) is 5.11 Å². The van der Waals surface area contributed by atoms with Gasteiger partial charge < -0.3 is 25.4 Å². The van der Waals surface area contributed by atoms with Gasteiger partial charge in [0.25, 0.3) is 0 Å². The van der Waals surface area contributed by atoms with Crippen LogP contribution in [0.2, 0.25) is 0 Å². The van der Waals surface area contributed by atoms with Crippen molar-refractivity contribution in [2.24, 2.45) is 5.11 Å². The molecule has 0 aliphatic carbocycles. The van der Waals surface area contributed by atoms with Crippen LogP contribution >= 0.6 is 0 Å². The summed E-state index contributed by atoms with van der Waals surface area (Å²) in [7, 11) is 2.67. The molecule has 0 fully saturated rings. The molecule has 0 saturated carbocycles. The van der Waals surface area contributed by atoms with Crippen molar-refractivity contribution in [3.63, 3.8) is 0 Å². The molecular weight excluding hydrogens is 350 g/mol. The number of hydrogen-bond donors (Lipinski definition) is 3. The Morgan fingerprint density at radius 3 is 1.96 bits per heavy atom. The Hall–Kier alpha value is -3.07. The maximum Gasteiger partial charge on any atom is 0.172 e. The van der Waals surface area contributed by atoms with E-state index in [0.717, 1.165) is 0 Å². The number of anilines is 1. The Bertz CT molecular complexity index is 811. The van der Waals surface area contributed by atoms with Crippen LogP contribution in [0.5, 0.6) is 11.5 Å². The van der Waals surface area contributed by atoms with Crippen LogP contribution in [-0.2, 0) is 13.2 Å². The zero-order chi connectivity index (χ0) is 19.7. The van der Waals surface area contributed by atoms with Crippen LogP contribution in [0, 0.1) is 11.6 Å². The fourth-order valence-electron chi connectivity index (χ4n) is 1.97. The smallest absolute Gasteiger partial charge is 0.172 e. The molecule has 26 heavy (non-hydrogen) atoms. The molecule has 0 spiro atoms. The van der Waals surface area contributed by atoms with E-state index < -0.39 is 24.8 Å². The lowest BCUT2D eigenvalue weighted by Crippen LogP contribution is -2.00. The summed E-state index contributed by atoms with van der Waals surface area (Å²) in [5, 5.41) is 20.8. The fraction of sp³-hybridized carbons (Fsp3) is 0.250. The molecular formula is C16H18F2N4O4. The monoisotopic (exact) mass is 368 g/mol. The Kier molecular flexibility index (Phi) is 8.10. The highest BCUT2D eigenvalue weighted by Gasteiger charge is 2.12. The Morgan fingerprint density at radius 1 is 1.00 bits per heavy atom. The van der Waals surface area contributed by atoms with Gasteiger partial charge in [0, 0.05) is 27.4 Å². The number of aliphatic hydroxyl groups is 2. The van der Waals surface area contributed by atoms with Crippen molar-refractivity contribution in [1.82, 2.24) is 0 Å². The van der Waals surface area contributed by atoms with Gasteiger partial charge in [-0.3, -0.25) is 0 Å². The molecule has 0 amide bonds. The molecule has 0 aliphatic rings. The second-order valence-electron chi connectivity index (χ2n) is 4.73. The minimum atomic E-state index is -0.708. The van der Waals surface area contributed by atoms with E-state index in [4.69, 9.17) is 31.0 Å². The van der Waals surface area contributed by atoms with Gasteiger partial charge >= 0.3 is 0 Å². The standard InChI is InChI=1S/C8H8FN3O2.C8H10FNO2/c1-14-7-3-2-6(11-12-10)5(4-13)8(7)9;1-12-7-3-2-6(10)5(4-11)8(7)9/h2-3,13H,4H2,1H3;2-3,11H,4,10H2,1H3. The third-order valence-corrected chi connectivity index (χ3v) is 3.34. The molecule has 0 atom stereocenters. The highest BCUT2D eigenvalue weighted by molar-refractivity contribution is 5.51. The van der Waals surface area contributed by atoms with Crippen LogP contribution in [0.4, 0.5) is 20.2 Å². The number of hydrogen-bond acceptors (Lipinski definition) is 6. The van der Waals surface area contributed by atoms with Gasteiger partial charge in [-0.15, -0.1) is 0 Å². The van der Waals surface area contributed by atoms with Crippen LogP contribution in [0.15, 0.2) is 29.4 Å². The molecule has 2 rings (SSSR count). The minimum absolute atomic E-state index is 0.00550.